The van der Waals surface area contributed by atoms with E-state index in [1.807, 2.05) is 13.8 Å². The minimum absolute atomic E-state index is 0.0159. The fraction of sp³-hybridized carbons (Fsp3) is 0.857. The highest BCUT2D eigenvalue weighted by Crippen LogP contribution is 2.46. The summed E-state index contributed by atoms with van der Waals surface area (Å²) < 4.78 is 85.6. The molecule has 1 rings (SSSR count). The summed E-state index contributed by atoms with van der Waals surface area (Å²) in [6, 6.07) is 0. The highest BCUT2D eigenvalue weighted by Gasteiger charge is 2.53. The molecule has 0 heterocycles. The molecule has 0 N–H and O–H groups in total. The first kappa shape index (κ1) is 47.3. The molecule has 0 aromatic heterocycles. The first-order chi connectivity index (χ1) is 23.3. The fourth-order valence-electron chi connectivity index (χ4n) is 8.03. The Kier molecular flexibility index (Phi) is 17.7. The predicted octanol–water partition coefficient (Wildman–Crippen LogP) is 10.9. The van der Waals surface area contributed by atoms with Crippen molar-refractivity contribution in [3.8, 4) is 0 Å². The van der Waals surface area contributed by atoms with Gasteiger partial charge >= 0.3 is 21.6 Å². The van der Waals surface area contributed by atoms with Crippen LogP contribution < -0.4 is 0 Å². The zero-order chi connectivity index (χ0) is 39.8. The van der Waals surface area contributed by atoms with Gasteiger partial charge in [-0.1, -0.05) is 113 Å². The van der Waals surface area contributed by atoms with Gasteiger partial charge in [0.2, 0.25) is 16.6 Å². The van der Waals surface area contributed by atoms with Crippen LogP contribution in [0.1, 0.15) is 116 Å². The van der Waals surface area contributed by atoms with Gasteiger partial charge in [0, 0.05) is 17.3 Å². The SMILES string of the molecule is C/C(=C/CO[Si](C(C)C)(C(C)C)C(C)C)[C@H](O[Si](C(C)C)(C(C)C)C(C)C)[C@@H](C)[C@H](C/C=C/COS(=O)(=O)C(F)(F)F)OC(=O)C1(N=[N+]=[N-])CC1. The van der Waals surface area contributed by atoms with Crippen LogP contribution in [0.3, 0.4) is 0 Å². The number of rotatable bonds is 22. The summed E-state index contributed by atoms with van der Waals surface area (Å²) in [4.78, 5) is 16.3. The lowest BCUT2D eigenvalue weighted by Crippen LogP contribution is -2.53. The minimum atomic E-state index is -5.77. The Morgan fingerprint density at radius 1 is 0.843 bits per heavy atom. The molecule has 296 valence electrons. The smallest absolute Gasteiger partial charge is 0.461 e. The molecule has 3 atom stereocenters. The molecule has 0 unspecified atom stereocenters. The van der Waals surface area contributed by atoms with E-state index in [1.54, 1.807) is 0 Å². The van der Waals surface area contributed by atoms with Crippen LogP contribution in [0.15, 0.2) is 28.9 Å². The molecule has 0 aliphatic heterocycles. The molecule has 0 bridgehead atoms. The minimum Gasteiger partial charge on any atom is -0.461 e. The Labute approximate surface area is 307 Å². The molecule has 1 aliphatic carbocycles. The number of hydrogen-bond acceptors (Lipinski definition) is 8. The number of carbonyl (C=O) groups is 1. The van der Waals surface area contributed by atoms with Crippen LogP contribution in [0.25, 0.3) is 10.4 Å². The Hall–Kier alpha value is -1.69. The maximum atomic E-state index is 13.4. The summed E-state index contributed by atoms with van der Waals surface area (Å²) in [5.41, 5.74) is 5.00. The Morgan fingerprint density at radius 2 is 1.31 bits per heavy atom. The second-order valence-corrected chi connectivity index (χ2v) is 28.3. The Morgan fingerprint density at radius 3 is 1.71 bits per heavy atom. The maximum Gasteiger partial charge on any atom is 0.523 e. The van der Waals surface area contributed by atoms with Gasteiger partial charge in [0.25, 0.3) is 0 Å². The van der Waals surface area contributed by atoms with Crippen molar-refractivity contribution in [2.45, 2.75) is 173 Å². The highest BCUT2D eigenvalue weighted by molar-refractivity contribution is 7.87. The third-order valence-electron chi connectivity index (χ3n) is 10.7. The number of azide groups is 1. The second kappa shape index (κ2) is 19.1. The van der Waals surface area contributed by atoms with Crippen molar-refractivity contribution in [1.82, 2.24) is 0 Å². The lowest BCUT2D eigenvalue weighted by molar-refractivity contribution is -0.155. The Balaban J connectivity index is 3.71. The zero-order valence-electron chi connectivity index (χ0n) is 33.2. The third kappa shape index (κ3) is 11.4. The normalized spacial score (nSPS) is 17.9. The number of esters is 1. The molecule has 0 spiro atoms. The quantitative estimate of drug-likeness (QED) is 0.0156. The number of carbonyl (C=O) groups excluding carboxylic acids is 1. The number of ether oxygens (including phenoxy) is 1. The number of halogens is 3. The molecular formula is C35H64F3N3O7SSi2. The van der Waals surface area contributed by atoms with Crippen LogP contribution in [-0.4, -0.2) is 67.5 Å². The van der Waals surface area contributed by atoms with Gasteiger partial charge in [0.1, 0.15) is 11.6 Å². The summed E-state index contributed by atoms with van der Waals surface area (Å²) in [7, 11) is -10.5. The van der Waals surface area contributed by atoms with Crippen molar-refractivity contribution >= 4 is 32.7 Å². The molecule has 0 saturated heterocycles. The van der Waals surface area contributed by atoms with Crippen molar-refractivity contribution in [2.24, 2.45) is 11.0 Å². The van der Waals surface area contributed by atoms with Gasteiger partial charge in [-0.05, 0) is 64.1 Å². The maximum absolute atomic E-state index is 13.4. The van der Waals surface area contributed by atoms with Gasteiger partial charge in [0.15, 0.2) is 0 Å². The molecule has 0 amide bonds. The predicted molar refractivity (Wildman–Crippen MR) is 202 cm³/mol. The summed E-state index contributed by atoms with van der Waals surface area (Å²) in [5, 5.41) is 3.70. The van der Waals surface area contributed by atoms with E-state index >= 15 is 0 Å². The molecule has 16 heteroatoms. The van der Waals surface area contributed by atoms with Crippen molar-refractivity contribution in [3.63, 3.8) is 0 Å². The van der Waals surface area contributed by atoms with E-state index in [0.29, 0.717) is 36.1 Å². The standard InChI is InChI=1S/C35H64F3N3O7SSi2/c1-23(2)50(24(3)4,25(5)6)46-22-18-29(13)32(48-51(26(7)8,27(9)10)28(11)12)30(14)31(47-33(42)34(19-20-34)40-41-39)17-15-16-21-45-49(43,44)35(36,37)38/h15-16,18,23-28,30-32H,17,19-22H2,1-14H3/b16-15+,29-18-/t30-,31-,32-/m0/s1. The van der Waals surface area contributed by atoms with E-state index in [9.17, 15) is 26.4 Å². The monoisotopic (exact) mass is 783 g/mol. The summed E-state index contributed by atoms with van der Waals surface area (Å²) in [6.45, 7) is 29.8. The first-order valence-electron chi connectivity index (χ1n) is 18.2. The van der Waals surface area contributed by atoms with Crippen LogP contribution in [-0.2, 0) is 32.7 Å². The van der Waals surface area contributed by atoms with Crippen LogP contribution in [0.5, 0.6) is 0 Å². The van der Waals surface area contributed by atoms with E-state index in [2.05, 4.69) is 103 Å². The average Bonchev–Trinajstić information content (AvgIpc) is 3.77. The second-order valence-electron chi connectivity index (χ2n) is 15.8. The van der Waals surface area contributed by atoms with Crippen molar-refractivity contribution < 1.29 is 44.2 Å². The van der Waals surface area contributed by atoms with E-state index in [4.69, 9.17) is 19.1 Å². The fourth-order valence-corrected chi connectivity index (χ4v) is 19.5. The van der Waals surface area contributed by atoms with Gasteiger partial charge < -0.3 is 13.6 Å². The first-order valence-corrected chi connectivity index (χ1v) is 23.9. The van der Waals surface area contributed by atoms with E-state index in [0.717, 1.165) is 11.6 Å². The molecule has 1 fully saturated rings. The van der Waals surface area contributed by atoms with E-state index in [1.165, 1.54) is 6.08 Å². The highest BCUT2D eigenvalue weighted by atomic mass is 32.2. The lowest BCUT2D eigenvalue weighted by Gasteiger charge is -2.47. The lowest BCUT2D eigenvalue weighted by atomic mass is 9.91. The molecule has 1 saturated carbocycles. The average molecular weight is 784 g/mol. The zero-order valence-corrected chi connectivity index (χ0v) is 36.0. The number of nitrogens with zero attached hydrogens (tertiary/aromatic N) is 3. The van der Waals surface area contributed by atoms with Crippen molar-refractivity contribution in [1.29, 1.82) is 0 Å². The van der Waals surface area contributed by atoms with Crippen LogP contribution >= 0.6 is 0 Å². The number of alkyl halides is 3. The van der Waals surface area contributed by atoms with Gasteiger partial charge in [-0.3, -0.25) is 8.98 Å². The molecule has 0 aromatic rings. The molecule has 51 heavy (non-hydrogen) atoms. The number of hydrogen-bond donors (Lipinski definition) is 0. The van der Waals surface area contributed by atoms with Gasteiger partial charge in [-0.25, -0.2) is 0 Å². The van der Waals surface area contributed by atoms with Crippen LogP contribution in [0.4, 0.5) is 13.2 Å². The van der Waals surface area contributed by atoms with Crippen LogP contribution in [0.2, 0.25) is 33.2 Å². The van der Waals surface area contributed by atoms with E-state index in [-0.39, 0.29) is 23.0 Å². The van der Waals surface area contributed by atoms with Crippen molar-refractivity contribution in [3.05, 3.63) is 34.2 Å². The topological polar surface area (TPSA) is 137 Å². The largest absolute Gasteiger partial charge is 0.523 e. The third-order valence-corrected chi connectivity index (χ3v) is 23.9. The van der Waals surface area contributed by atoms with Crippen molar-refractivity contribution in [2.75, 3.05) is 13.2 Å². The van der Waals surface area contributed by atoms with E-state index < -0.39 is 68.5 Å². The molecule has 1 aliphatic rings. The van der Waals surface area contributed by atoms with Gasteiger partial charge in [-0.2, -0.15) is 21.6 Å². The Bertz CT molecular complexity index is 1310. The molecular weight excluding hydrogens is 720 g/mol. The molecule has 10 nitrogen and oxygen atoms in total. The molecule has 0 aromatic carbocycles. The summed E-state index contributed by atoms with van der Waals surface area (Å²) in [6.07, 6.45) is 3.91. The molecule has 0 radical (unpaired) electrons. The van der Waals surface area contributed by atoms with Crippen LogP contribution in [0, 0.1) is 5.92 Å². The summed E-state index contributed by atoms with van der Waals surface area (Å²) in [5.74, 6) is -1.17. The van der Waals surface area contributed by atoms with Gasteiger partial charge in [-0.15, -0.1) is 0 Å². The van der Waals surface area contributed by atoms with Gasteiger partial charge in [0.05, 0.1) is 19.3 Å². The summed E-state index contributed by atoms with van der Waals surface area (Å²) >= 11 is 0.